The summed E-state index contributed by atoms with van der Waals surface area (Å²) in [7, 11) is 0. The van der Waals surface area contributed by atoms with Gasteiger partial charge in [0, 0.05) is 11.6 Å². The Hall–Kier alpha value is -5.41. The van der Waals surface area contributed by atoms with Gasteiger partial charge in [-0.25, -0.2) is 14.8 Å². The molecule has 41 heavy (non-hydrogen) atoms. The number of nitrogens with two attached hydrogens (primary N) is 3. The second kappa shape index (κ2) is 10.6. The number of alkyl halides is 3. The maximum Gasteiger partial charge on any atom is 0.449 e. The number of ether oxygens (including phenoxy) is 3. The molecule has 2 heterocycles. The Labute approximate surface area is 230 Å². The number of H-pyrrole nitrogens is 1. The highest BCUT2D eigenvalue weighted by atomic mass is 19.4. The minimum absolute atomic E-state index is 0.0419. The fraction of sp³-hybridized carbons (Fsp3) is 0.200. The first-order chi connectivity index (χ1) is 19.1. The van der Waals surface area contributed by atoms with Gasteiger partial charge in [-0.3, -0.25) is 5.41 Å². The quantitative estimate of drug-likeness (QED) is 0.122. The first-order valence-electron chi connectivity index (χ1n) is 11.7. The molecular formula is C25H24F3N9O4. The second-order valence-electron chi connectivity index (χ2n) is 9.45. The van der Waals surface area contributed by atoms with E-state index in [1.807, 2.05) is 0 Å². The van der Waals surface area contributed by atoms with E-state index in [0.29, 0.717) is 5.69 Å². The Morgan fingerprint density at radius 1 is 0.951 bits per heavy atom. The van der Waals surface area contributed by atoms with Gasteiger partial charge in [-0.15, -0.1) is 0 Å². The molecule has 0 fully saturated rings. The highest BCUT2D eigenvalue weighted by Crippen LogP contribution is 2.35. The van der Waals surface area contributed by atoms with Crippen molar-refractivity contribution in [3.05, 3.63) is 59.4 Å². The average molecular weight is 572 g/mol. The Morgan fingerprint density at radius 2 is 1.66 bits per heavy atom. The van der Waals surface area contributed by atoms with Gasteiger partial charge in [-0.05, 0) is 51.1 Å². The summed E-state index contributed by atoms with van der Waals surface area (Å²) in [4.78, 5) is 30.4. The maximum atomic E-state index is 13.4. The number of aromatic amines is 1. The third kappa shape index (κ3) is 6.97. The number of aliphatic imine (C=N–C) groups is 1. The first-order valence-corrected chi connectivity index (χ1v) is 11.7. The van der Waals surface area contributed by atoms with E-state index in [2.05, 4.69) is 24.9 Å². The first kappa shape index (κ1) is 28.6. The molecular weight excluding hydrogens is 547 g/mol. The predicted octanol–water partition coefficient (Wildman–Crippen LogP) is 4.10. The summed E-state index contributed by atoms with van der Waals surface area (Å²) in [6.07, 6.45) is -4.83. The van der Waals surface area contributed by atoms with Gasteiger partial charge >= 0.3 is 18.2 Å². The van der Waals surface area contributed by atoms with E-state index in [1.54, 1.807) is 32.9 Å². The third-order valence-electron chi connectivity index (χ3n) is 4.97. The van der Waals surface area contributed by atoms with Gasteiger partial charge in [0.05, 0.1) is 11.3 Å². The fourth-order valence-electron chi connectivity index (χ4n) is 3.41. The molecule has 0 spiro atoms. The Bertz CT molecular complexity index is 1670. The van der Waals surface area contributed by atoms with E-state index in [0.717, 1.165) is 0 Å². The highest BCUT2D eigenvalue weighted by Gasteiger charge is 2.36. The molecule has 0 radical (unpaired) electrons. The predicted molar refractivity (Wildman–Crippen MR) is 141 cm³/mol. The lowest BCUT2D eigenvalue weighted by Crippen LogP contribution is -2.26. The fourth-order valence-corrected chi connectivity index (χ4v) is 3.41. The zero-order chi connectivity index (χ0) is 30.1. The van der Waals surface area contributed by atoms with Crippen LogP contribution in [0.3, 0.4) is 0 Å². The molecule has 214 valence electrons. The normalized spacial score (nSPS) is 11.7. The summed E-state index contributed by atoms with van der Waals surface area (Å²) in [5.74, 6) is -3.05. The lowest BCUT2D eigenvalue weighted by Gasteiger charge is -2.20. The Kier molecular flexibility index (Phi) is 7.41. The van der Waals surface area contributed by atoms with Crippen LogP contribution in [0.4, 0.5) is 18.9 Å². The number of guanidine groups is 1. The molecule has 0 atom stereocenters. The molecule has 2 aromatic heterocycles. The number of imidazole rings is 1. The van der Waals surface area contributed by atoms with Crippen molar-refractivity contribution < 1.29 is 32.2 Å². The average Bonchev–Trinajstić information content (AvgIpc) is 3.28. The monoisotopic (exact) mass is 571 g/mol. The van der Waals surface area contributed by atoms with E-state index in [1.165, 1.54) is 30.3 Å². The molecule has 0 aliphatic carbocycles. The number of nitrogens with zero attached hydrogens (tertiary/aromatic N) is 4. The largest absolute Gasteiger partial charge is 0.456 e. The topological polar surface area (TPSA) is 213 Å². The van der Waals surface area contributed by atoms with Crippen molar-refractivity contribution in [1.29, 1.82) is 5.41 Å². The number of amidine groups is 1. The van der Waals surface area contributed by atoms with Crippen LogP contribution in [0.15, 0.2) is 47.5 Å². The van der Waals surface area contributed by atoms with E-state index in [4.69, 9.17) is 36.8 Å². The number of rotatable bonds is 7. The number of aromatic nitrogens is 4. The zero-order valence-electron chi connectivity index (χ0n) is 21.8. The summed E-state index contributed by atoms with van der Waals surface area (Å²) in [5.41, 5.74) is 15.1. The van der Waals surface area contributed by atoms with E-state index < -0.39 is 46.9 Å². The molecule has 0 aliphatic rings. The molecule has 16 heteroatoms. The van der Waals surface area contributed by atoms with Gasteiger partial charge in [0.1, 0.15) is 28.5 Å². The van der Waals surface area contributed by atoms with Gasteiger partial charge in [0.25, 0.3) is 5.88 Å². The van der Waals surface area contributed by atoms with Crippen LogP contribution >= 0.6 is 0 Å². The molecule has 0 aliphatic heterocycles. The van der Waals surface area contributed by atoms with Gasteiger partial charge in [0.15, 0.2) is 11.6 Å². The molecule has 2 aromatic carbocycles. The summed E-state index contributed by atoms with van der Waals surface area (Å²) < 4.78 is 57.2. The van der Waals surface area contributed by atoms with Crippen molar-refractivity contribution in [3.8, 4) is 23.4 Å². The van der Waals surface area contributed by atoms with Crippen LogP contribution in [0.25, 0.3) is 11.2 Å². The molecule has 4 rings (SSSR count). The molecule has 0 saturated carbocycles. The number of hydrogen-bond acceptors (Lipinski definition) is 9. The minimum atomic E-state index is -4.83. The third-order valence-corrected chi connectivity index (χ3v) is 4.97. The number of carbonyl (C=O) groups is 1. The van der Waals surface area contributed by atoms with Crippen molar-refractivity contribution >= 4 is 34.6 Å². The van der Waals surface area contributed by atoms with Crippen LogP contribution in [0, 0.1) is 5.41 Å². The van der Waals surface area contributed by atoms with Crippen LogP contribution in [0.5, 0.6) is 23.4 Å². The van der Waals surface area contributed by atoms with Crippen LogP contribution in [0.2, 0.25) is 0 Å². The summed E-state index contributed by atoms with van der Waals surface area (Å²) in [6, 6.07) is 9.59. The van der Waals surface area contributed by atoms with Crippen LogP contribution < -0.4 is 26.7 Å². The highest BCUT2D eigenvalue weighted by molar-refractivity contribution is 6.06. The number of hydrogen-bond donors (Lipinski definition) is 5. The van der Waals surface area contributed by atoms with Crippen molar-refractivity contribution in [2.45, 2.75) is 32.5 Å². The lowest BCUT2D eigenvalue weighted by atomic mass is 10.1. The number of fused-ring (bicyclic) bond motifs is 1. The smallest absolute Gasteiger partial charge is 0.449 e. The molecule has 0 bridgehead atoms. The van der Waals surface area contributed by atoms with Gasteiger partial charge < -0.3 is 36.4 Å². The van der Waals surface area contributed by atoms with Crippen LogP contribution in [-0.4, -0.2) is 43.3 Å². The van der Waals surface area contributed by atoms with E-state index in [9.17, 15) is 18.0 Å². The Balaban J connectivity index is 1.79. The van der Waals surface area contributed by atoms with E-state index in [-0.39, 0.29) is 34.1 Å². The summed E-state index contributed by atoms with van der Waals surface area (Å²) >= 11 is 0. The maximum absolute atomic E-state index is 13.4. The van der Waals surface area contributed by atoms with Crippen molar-refractivity contribution in [2.24, 2.45) is 22.2 Å². The lowest BCUT2D eigenvalue weighted by molar-refractivity contribution is -0.144. The number of benzene rings is 2. The van der Waals surface area contributed by atoms with Gasteiger partial charge in [0.2, 0.25) is 5.82 Å². The van der Waals surface area contributed by atoms with Crippen LogP contribution in [-0.2, 0) is 10.9 Å². The van der Waals surface area contributed by atoms with Crippen molar-refractivity contribution in [2.75, 3.05) is 0 Å². The Morgan fingerprint density at radius 3 is 2.29 bits per heavy atom. The van der Waals surface area contributed by atoms with Crippen molar-refractivity contribution in [1.82, 2.24) is 19.9 Å². The molecule has 0 saturated heterocycles. The number of carbonyl (C=O) groups excluding carboxylic acids is 1. The van der Waals surface area contributed by atoms with Gasteiger partial charge in [-0.2, -0.15) is 23.1 Å². The number of esters is 1. The SMILES string of the molecule is CC(C)(C)OC(=O)c1cc(Oc2nc(Oc3cccc(N=C(N)N)c3)nc3nc(C(F)(F)F)[nH]c23)ccc1C(=N)N. The number of halogens is 3. The van der Waals surface area contributed by atoms with Gasteiger partial charge in [-0.1, -0.05) is 6.07 Å². The zero-order valence-corrected chi connectivity index (χ0v) is 21.8. The molecule has 0 amide bonds. The molecule has 13 nitrogen and oxygen atoms in total. The molecule has 0 unspecified atom stereocenters. The number of nitrogens with one attached hydrogen (secondary N) is 2. The molecule has 4 aromatic rings. The molecule has 8 N–H and O–H groups in total. The van der Waals surface area contributed by atoms with E-state index >= 15 is 0 Å². The summed E-state index contributed by atoms with van der Waals surface area (Å²) in [6.45, 7) is 4.96. The second-order valence-corrected chi connectivity index (χ2v) is 9.45. The standard InChI is InChI=1S/C25H24F3N9O4/c1-24(2,3)41-20(38)15-10-13(7-8-14(15)17(29)30)39-19-16-18(35-21(34-16)25(26,27)28)36-23(37-19)40-12-6-4-5-11(9-12)33-22(31)32/h4-10H,1-3H3,(H3,29,30)(H4,31,32,33)(H,34,35,36,37). The minimum Gasteiger partial charge on any atom is -0.456 e. The van der Waals surface area contributed by atoms with Crippen molar-refractivity contribution in [3.63, 3.8) is 0 Å². The number of nitrogen functional groups attached to an aromatic ring is 1. The van der Waals surface area contributed by atoms with Crippen LogP contribution in [0.1, 0.15) is 42.5 Å². The summed E-state index contributed by atoms with van der Waals surface area (Å²) in [5, 5.41) is 7.80.